The molecule has 0 saturated carbocycles. The fourth-order valence-corrected chi connectivity index (χ4v) is 3.35. The maximum absolute atomic E-state index is 12.6. The van der Waals surface area contributed by atoms with E-state index >= 15 is 0 Å². The maximum Gasteiger partial charge on any atom is 0.338 e. The summed E-state index contributed by atoms with van der Waals surface area (Å²) < 4.78 is 29.0. The molecule has 0 aliphatic carbocycles. The van der Waals surface area contributed by atoms with Crippen molar-refractivity contribution in [1.29, 1.82) is 0 Å². The van der Waals surface area contributed by atoms with Crippen molar-refractivity contribution in [2.24, 2.45) is 0 Å². The van der Waals surface area contributed by atoms with Crippen molar-refractivity contribution in [3.63, 3.8) is 0 Å². The minimum absolute atomic E-state index is 0.157. The predicted octanol–water partition coefficient (Wildman–Crippen LogP) is 4.22. The van der Waals surface area contributed by atoms with Crippen molar-refractivity contribution in [2.75, 3.05) is 21.3 Å². The van der Waals surface area contributed by atoms with Gasteiger partial charge in [0.1, 0.15) is 0 Å². The normalized spacial score (nSPS) is 10.7. The van der Waals surface area contributed by atoms with Gasteiger partial charge in [-0.05, 0) is 48.9 Å². The van der Waals surface area contributed by atoms with Crippen LogP contribution in [0.25, 0.3) is 17.1 Å². The number of ether oxygens (including phenoxy) is 4. The van der Waals surface area contributed by atoms with E-state index in [1.54, 1.807) is 24.3 Å². The maximum atomic E-state index is 12.6. The molecule has 9 heteroatoms. The zero-order valence-corrected chi connectivity index (χ0v) is 18.7. The summed E-state index contributed by atoms with van der Waals surface area (Å²) in [5.41, 5.74) is 2.93. The number of carbonyl (C=O) groups is 1. The fourth-order valence-electron chi connectivity index (χ4n) is 3.35. The monoisotopic (exact) mass is 449 g/mol. The third-order valence-electron chi connectivity index (χ3n) is 5.03. The zero-order valence-electron chi connectivity index (χ0n) is 18.7. The molecule has 0 atom stereocenters. The third-order valence-corrected chi connectivity index (χ3v) is 5.03. The van der Waals surface area contributed by atoms with Gasteiger partial charge in [-0.15, -0.1) is 10.2 Å². The molecule has 0 N–H and O–H groups in total. The van der Waals surface area contributed by atoms with Gasteiger partial charge in [-0.25, -0.2) is 4.79 Å². The summed E-state index contributed by atoms with van der Waals surface area (Å²) in [6, 6.07) is 12.6. The van der Waals surface area contributed by atoms with E-state index in [0.29, 0.717) is 28.4 Å². The van der Waals surface area contributed by atoms with Gasteiger partial charge in [-0.2, -0.15) is 0 Å². The van der Waals surface area contributed by atoms with Gasteiger partial charge in [0.2, 0.25) is 11.6 Å². The van der Waals surface area contributed by atoms with E-state index in [0.717, 1.165) is 11.3 Å². The number of benzene rings is 2. The third kappa shape index (κ3) is 4.52. The molecule has 0 aliphatic rings. The standard InChI is InChI=1S/C24H23N3O6/c1-15-7-8-16(11-18(15)27-9-5-6-10-27)24(28)32-14-21-25-26-23(33-21)17-12-19(29-2)22(31-4)20(13-17)30-3/h5-13H,14H2,1-4H3. The first-order valence-electron chi connectivity index (χ1n) is 10.1. The van der Waals surface area contributed by atoms with Crippen LogP contribution in [0.5, 0.6) is 17.2 Å². The number of hydrogen-bond acceptors (Lipinski definition) is 8. The van der Waals surface area contributed by atoms with Gasteiger partial charge >= 0.3 is 5.97 Å². The number of aryl methyl sites for hydroxylation is 1. The fraction of sp³-hybridized carbons (Fsp3) is 0.208. The number of rotatable bonds is 8. The number of nitrogens with zero attached hydrogens (tertiary/aromatic N) is 3. The molecule has 4 rings (SSSR count). The SMILES string of the molecule is COc1cc(-c2nnc(COC(=O)c3ccc(C)c(-n4cccc4)c3)o2)cc(OC)c1OC. The highest BCUT2D eigenvalue weighted by Gasteiger charge is 2.18. The highest BCUT2D eigenvalue weighted by molar-refractivity contribution is 5.90. The molecule has 2 aromatic carbocycles. The molecule has 33 heavy (non-hydrogen) atoms. The molecule has 4 aromatic rings. The van der Waals surface area contributed by atoms with Crippen LogP contribution in [0.15, 0.2) is 59.3 Å². The Morgan fingerprint density at radius 3 is 2.30 bits per heavy atom. The van der Waals surface area contributed by atoms with Crippen molar-refractivity contribution in [2.45, 2.75) is 13.5 Å². The zero-order chi connectivity index (χ0) is 23.4. The molecule has 0 amide bonds. The molecule has 170 valence electrons. The summed E-state index contributed by atoms with van der Waals surface area (Å²) >= 11 is 0. The number of methoxy groups -OCH3 is 3. The van der Waals surface area contributed by atoms with Crippen LogP contribution in [0.2, 0.25) is 0 Å². The van der Waals surface area contributed by atoms with E-state index < -0.39 is 5.97 Å². The molecule has 0 fully saturated rings. The van der Waals surface area contributed by atoms with Crippen LogP contribution in [-0.4, -0.2) is 42.1 Å². The summed E-state index contributed by atoms with van der Waals surface area (Å²) in [7, 11) is 4.56. The van der Waals surface area contributed by atoms with Gasteiger partial charge in [-0.3, -0.25) is 0 Å². The molecule has 0 aliphatic heterocycles. The van der Waals surface area contributed by atoms with Gasteiger partial charge in [0.25, 0.3) is 5.89 Å². The smallest absolute Gasteiger partial charge is 0.338 e. The molecule has 0 spiro atoms. The van der Waals surface area contributed by atoms with E-state index in [-0.39, 0.29) is 18.4 Å². The second-order valence-corrected chi connectivity index (χ2v) is 7.08. The van der Waals surface area contributed by atoms with Crippen molar-refractivity contribution >= 4 is 5.97 Å². The summed E-state index contributed by atoms with van der Waals surface area (Å²) in [5, 5.41) is 8.01. The predicted molar refractivity (Wildman–Crippen MR) is 119 cm³/mol. The molecule has 0 saturated heterocycles. The van der Waals surface area contributed by atoms with Gasteiger partial charge in [0, 0.05) is 23.6 Å². The van der Waals surface area contributed by atoms with Gasteiger partial charge < -0.3 is 27.9 Å². The number of esters is 1. The Balaban J connectivity index is 1.49. The molecule has 0 unspecified atom stereocenters. The molecule has 0 bridgehead atoms. The molecule has 2 heterocycles. The van der Waals surface area contributed by atoms with E-state index in [1.165, 1.54) is 21.3 Å². The Morgan fingerprint density at radius 2 is 1.67 bits per heavy atom. The average Bonchev–Trinajstić information content (AvgIpc) is 3.54. The van der Waals surface area contributed by atoms with Gasteiger partial charge in [-0.1, -0.05) is 6.07 Å². The largest absolute Gasteiger partial charge is 0.493 e. The highest BCUT2D eigenvalue weighted by atomic mass is 16.5. The summed E-state index contributed by atoms with van der Waals surface area (Å²) in [6.07, 6.45) is 3.83. The number of carbonyl (C=O) groups excluding carboxylic acids is 1. The van der Waals surface area contributed by atoms with Crippen molar-refractivity contribution in [1.82, 2.24) is 14.8 Å². The lowest BCUT2D eigenvalue weighted by atomic mass is 10.1. The Labute approximate surface area is 190 Å². The highest BCUT2D eigenvalue weighted by Crippen LogP contribution is 2.40. The average molecular weight is 449 g/mol. The van der Waals surface area contributed by atoms with E-state index in [4.69, 9.17) is 23.4 Å². The Kier molecular flexibility index (Phi) is 6.30. The molecule has 9 nitrogen and oxygen atoms in total. The lowest BCUT2D eigenvalue weighted by Crippen LogP contribution is -2.07. The Hall–Kier alpha value is -4.27. The molecule has 2 aromatic heterocycles. The van der Waals surface area contributed by atoms with Crippen LogP contribution in [0, 0.1) is 6.92 Å². The second-order valence-electron chi connectivity index (χ2n) is 7.08. The topological polar surface area (TPSA) is 97.8 Å². The molecular weight excluding hydrogens is 426 g/mol. The van der Waals surface area contributed by atoms with Gasteiger partial charge in [0.15, 0.2) is 18.1 Å². The van der Waals surface area contributed by atoms with E-state index in [2.05, 4.69) is 10.2 Å². The quantitative estimate of drug-likeness (QED) is 0.369. The summed E-state index contributed by atoms with van der Waals surface area (Å²) in [4.78, 5) is 12.6. The van der Waals surface area contributed by atoms with Crippen molar-refractivity contribution in [3.05, 3.63) is 71.9 Å². The lowest BCUT2D eigenvalue weighted by Gasteiger charge is -2.12. The van der Waals surface area contributed by atoms with Crippen LogP contribution in [0.4, 0.5) is 0 Å². The van der Waals surface area contributed by atoms with E-state index in [1.807, 2.05) is 42.1 Å². The number of hydrogen-bond donors (Lipinski definition) is 0. The van der Waals surface area contributed by atoms with Gasteiger partial charge in [0.05, 0.1) is 26.9 Å². The summed E-state index contributed by atoms with van der Waals surface area (Å²) in [6.45, 7) is 1.82. The van der Waals surface area contributed by atoms with Crippen LogP contribution in [0.1, 0.15) is 21.8 Å². The minimum atomic E-state index is -0.490. The van der Waals surface area contributed by atoms with Crippen LogP contribution in [-0.2, 0) is 11.3 Å². The van der Waals surface area contributed by atoms with Crippen LogP contribution in [0.3, 0.4) is 0 Å². The molecule has 0 radical (unpaired) electrons. The first kappa shape index (κ1) is 21.9. The first-order valence-corrected chi connectivity index (χ1v) is 10.1. The lowest BCUT2D eigenvalue weighted by molar-refractivity contribution is 0.0438. The molecular formula is C24H23N3O6. The number of aromatic nitrogens is 3. The van der Waals surface area contributed by atoms with E-state index in [9.17, 15) is 4.79 Å². The van der Waals surface area contributed by atoms with Crippen molar-refractivity contribution in [3.8, 4) is 34.4 Å². The first-order chi connectivity index (χ1) is 16.0. The second kappa shape index (κ2) is 9.47. The Bertz CT molecular complexity index is 1240. The van der Waals surface area contributed by atoms with Crippen LogP contribution < -0.4 is 14.2 Å². The Morgan fingerprint density at radius 1 is 0.970 bits per heavy atom. The summed E-state index contributed by atoms with van der Waals surface area (Å²) in [5.74, 6) is 1.26. The van der Waals surface area contributed by atoms with Crippen molar-refractivity contribution < 1.29 is 28.2 Å². The minimum Gasteiger partial charge on any atom is -0.493 e. The van der Waals surface area contributed by atoms with Crippen LogP contribution >= 0.6 is 0 Å².